The molecule has 5 heteroatoms. The molecule has 2 saturated heterocycles. The number of rotatable bonds is 15. The standard InChI is InChI=1S/C26H42O5.C5H12.C4H10/c1-4-5-6-14-26(29-3)20(2)10-7-8-11-22-12-9-13-23(30-22)19-25-18-21(28)17-24(31-25)15-16-27;1-3-5-4-2;1-3-4-2/h4-7,10,14,16,20-26,28H,8-9,11-13,15,17-19H2,1-3H3;3-5H2,1-2H3;3-4H2,1-2H3/b5-4-,10-7+,14-6+;;/t20?,21?,22?,23-,24?,25?,26?;;/m0../s1. The molecule has 1 N–H and O–H groups in total. The predicted molar refractivity (Wildman–Crippen MR) is 170 cm³/mol. The number of hydrogen-bond acceptors (Lipinski definition) is 5. The second kappa shape index (κ2) is 26.6. The van der Waals surface area contributed by atoms with E-state index in [0.29, 0.717) is 25.2 Å². The van der Waals surface area contributed by atoms with Gasteiger partial charge in [-0.15, -0.1) is 0 Å². The number of carbonyl (C=O) groups is 1. The van der Waals surface area contributed by atoms with Crippen LogP contribution < -0.4 is 0 Å². The van der Waals surface area contributed by atoms with Crippen molar-refractivity contribution in [2.75, 3.05) is 7.11 Å². The highest BCUT2D eigenvalue weighted by atomic mass is 16.5. The van der Waals surface area contributed by atoms with Crippen molar-refractivity contribution in [3.63, 3.8) is 0 Å². The molecule has 2 aliphatic heterocycles. The van der Waals surface area contributed by atoms with Gasteiger partial charge in [0.25, 0.3) is 0 Å². The number of ether oxygens (including phenoxy) is 3. The van der Waals surface area contributed by atoms with E-state index in [1.165, 1.54) is 38.5 Å². The molecular weight excluding hydrogens is 500 g/mol. The number of aliphatic hydroxyl groups excluding tert-OH is 1. The molecule has 2 rings (SSSR count). The average molecular weight is 565 g/mol. The average Bonchev–Trinajstić information content (AvgIpc) is 2.94. The van der Waals surface area contributed by atoms with Crippen molar-refractivity contribution in [1.82, 2.24) is 0 Å². The Kier molecular flexibility index (Phi) is 25.8. The zero-order valence-electron chi connectivity index (χ0n) is 27.1. The number of carbonyl (C=O) groups excluding carboxylic acids is 1. The van der Waals surface area contributed by atoms with Crippen LogP contribution in [0.1, 0.15) is 131 Å². The van der Waals surface area contributed by atoms with Gasteiger partial charge in [-0.05, 0) is 51.9 Å². The van der Waals surface area contributed by atoms with Crippen LogP contribution in [-0.4, -0.2) is 55.1 Å². The largest absolute Gasteiger partial charge is 0.393 e. The molecule has 5 nitrogen and oxygen atoms in total. The molecule has 0 spiro atoms. The molecule has 0 aromatic heterocycles. The van der Waals surface area contributed by atoms with E-state index >= 15 is 0 Å². The number of unbranched alkanes of at least 4 members (excludes halogenated alkanes) is 3. The first-order chi connectivity index (χ1) is 19.4. The fourth-order valence-electron chi connectivity index (χ4n) is 4.97. The van der Waals surface area contributed by atoms with Crippen LogP contribution in [0.15, 0.2) is 36.5 Å². The summed E-state index contributed by atoms with van der Waals surface area (Å²) in [6.07, 6.45) is 27.9. The summed E-state index contributed by atoms with van der Waals surface area (Å²) in [7, 11) is 1.75. The summed E-state index contributed by atoms with van der Waals surface area (Å²) >= 11 is 0. The van der Waals surface area contributed by atoms with Crippen molar-refractivity contribution >= 4 is 6.29 Å². The summed E-state index contributed by atoms with van der Waals surface area (Å²) in [5.74, 6) is 0.320. The highest BCUT2D eigenvalue weighted by Gasteiger charge is 2.32. The Morgan fingerprint density at radius 1 is 0.900 bits per heavy atom. The van der Waals surface area contributed by atoms with Gasteiger partial charge in [-0.2, -0.15) is 0 Å². The molecule has 0 radical (unpaired) electrons. The van der Waals surface area contributed by atoms with Crippen LogP contribution in [-0.2, 0) is 19.0 Å². The minimum atomic E-state index is -0.376. The second-order valence-electron chi connectivity index (χ2n) is 11.3. The van der Waals surface area contributed by atoms with Gasteiger partial charge in [0.1, 0.15) is 6.29 Å². The van der Waals surface area contributed by atoms with Gasteiger partial charge in [-0.3, -0.25) is 0 Å². The summed E-state index contributed by atoms with van der Waals surface area (Å²) in [5.41, 5.74) is 0. The van der Waals surface area contributed by atoms with Crippen LogP contribution in [0, 0.1) is 5.92 Å². The van der Waals surface area contributed by atoms with Crippen LogP contribution in [0.5, 0.6) is 0 Å². The third-order valence-corrected chi connectivity index (χ3v) is 7.47. The molecule has 0 aliphatic carbocycles. The van der Waals surface area contributed by atoms with Crippen molar-refractivity contribution in [2.45, 2.75) is 168 Å². The summed E-state index contributed by atoms with van der Waals surface area (Å²) in [6, 6.07) is 0. The van der Waals surface area contributed by atoms with Gasteiger partial charge in [0.2, 0.25) is 0 Å². The monoisotopic (exact) mass is 564 g/mol. The van der Waals surface area contributed by atoms with Crippen LogP contribution in [0.3, 0.4) is 0 Å². The lowest BCUT2D eigenvalue weighted by molar-refractivity contribution is -0.135. The Morgan fingerprint density at radius 3 is 2.12 bits per heavy atom. The van der Waals surface area contributed by atoms with E-state index in [0.717, 1.165) is 38.4 Å². The molecule has 0 aromatic carbocycles. The third-order valence-electron chi connectivity index (χ3n) is 7.47. The third kappa shape index (κ3) is 19.7. The highest BCUT2D eigenvalue weighted by Crippen LogP contribution is 2.30. The Hall–Kier alpha value is -1.27. The summed E-state index contributed by atoms with van der Waals surface area (Å²) < 4.78 is 18.0. The number of aldehydes is 1. The first-order valence-corrected chi connectivity index (χ1v) is 16.3. The Balaban J connectivity index is 0.00000146. The molecular formula is C35H64O5. The molecule has 2 heterocycles. The minimum Gasteiger partial charge on any atom is -0.393 e. The van der Waals surface area contributed by atoms with E-state index in [4.69, 9.17) is 14.2 Å². The SMILES string of the molecule is C/C=C\C=C\C(OC)C(C)/C=C/CCC1CCC[C@@H](CC2CC(O)CC(CC=O)O2)O1.CCCC.CCCCC. The topological polar surface area (TPSA) is 65.0 Å². The normalized spacial score (nSPS) is 26.6. The van der Waals surface area contributed by atoms with E-state index < -0.39 is 0 Å². The molecule has 6 unspecified atom stereocenters. The van der Waals surface area contributed by atoms with Crippen LogP contribution in [0.2, 0.25) is 0 Å². The van der Waals surface area contributed by atoms with Crippen LogP contribution in [0.25, 0.3) is 0 Å². The quantitative estimate of drug-likeness (QED) is 0.122. The molecule has 7 atom stereocenters. The first-order valence-electron chi connectivity index (χ1n) is 16.3. The summed E-state index contributed by atoms with van der Waals surface area (Å²) in [6.45, 7) is 13.0. The van der Waals surface area contributed by atoms with Crippen molar-refractivity contribution in [3.05, 3.63) is 36.5 Å². The van der Waals surface area contributed by atoms with Gasteiger partial charge < -0.3 is 24.1 Å². The van der Waals surface area contributed by atoms with Crippen molar-refractivity contribution in [3.8, 4) is 0 Å². The number of aliphatic hydroxyl groups is 1. The van der Waals surface area contributed by atoms with Crippen molar-refractivity contribution < 1.29 is 24.1 Å². The smallest absolute Gasteiger partial charge is 0.122 e. The first kappa shape index (κ1) is 38.7. The van der Waals surface area contributed by atoms with Gasteiger partial charge in [-0.1, -0.05) is 103 Å². The van der Waals surface area contributed by atoms with Crippen molar-refractivity contribution in [2.24, 2.45) is 5.92 Å². The molecule has 0 aromatic rings. The zero-order chi connectivity index (χ0) is 30.0. The number of methoxy groups -OCH3 is 1. The molecule has 40 heavy (non-hydrogen) atoms. The lowest BCUT2D eigenvalue weighted by Gasteiger charge is -2.37. The maximum absolute atomic E-state index is 10.8. The van der Waals surface area contributed by atoms with Crippen LogP contribution >= 0.6 is 0 Å². The molecule has 0 saturated carbocycles. The van der Waals surface area contributed by atoms with Crippen molar-refractivity contribution in [1.29, 1.82) is 0 Å². The lowest BCUT2D eigenvalue weighted by Crippen LogP contribution is -2.39. The Bertz CT molecular complexity index is 654. The lowest BCUT2D eigenvalue weighted by atomic mass is 9.92. The summed E-state index contributed by atoms with van der Waals surface area (Å²) in [4.78, 5) is 10.8. The molecule has 2 fully saturated rings. The fraction of sp³-hybridized carbons (Fsp3) is 0.800. The number of hydrogen-bond donors (Lipinski definition) is 1. The predicted octanol–water partition coefficient (Wildman–Crippen LogP) is 8.93. The Labute approximate surface area is 247 Å². The van der Waals surface area contributed by atoms with E-state index in [-0.39, 0.29) is 36.6 Å². The summed E-state index contributed by atoms with van der Waals surface area (Å²) in [5, 5.41) is 10.1. The van der Waals surface area contributed by atoms with E-state index in [1.807, 2.05) is 25.2 Å². The van der Waals surface area contributed by atoms with E-state index in [1.54, 1.807) is 7.11 Å². The minimum absolute atomic E-state index is 0.0141. The van der Waals surface area contributed by atoms with Gasteiger partial charge in [0.15, 0.2) is 0 Å². The second-order valence-corrected chi connectivity index (χ2v) is 11.3. The maximum Gasteiger partial charge on any atom is 0.122 e. The van der Waals surface area contributed by atoms with Gasteiger partial charge in [0, 0.05) is 25.9 Å². The zero-order valence-corrected chi connectivity index (χ0v) is 27.1. The maximum atomic E-state index is 10.8. The number of allylic oxidation sites excluding steroid dienone is 4. The molecule has 0 amide bonds. The molecule has 2 aliphatic rings. The van der Waals surface area contributed by atoms with Gasteiger partial charge >= 0.3 is 0 Å². The Morgan fingerprint density at radius 2 is 1.55 bits per heavy atom. The molecule has 0 bridgehead atoms. The van der Waals surface area contributed by atoms with Gasteiger partial charge in [0.05, 0.1) is 36.6 Å². The molecule has 234 valence electrons. The fourth-order valence-corrected chi connectivity index (χ4v) is 4.97. The van der Waals surface area contributed by atoms with Gasteiger partial charge in [-0.25, -0.2) is 0 Å². The van der Waals surface area contributed by atoms with Crippen LogP contribution in [0.4, 0.5) is 0 Å². The highest BCUT2D eigenvalue weighted by molar-refractivity contribution is 5.50. The van der Waals surface area contributed by atoms with E-state index in [2.05, 4.69) is 52.8 Å². The van der Waals surface area contributed by atoms with E-state index in [9.17, 15) is 9.90 Å².